The number of likely N-dealkylation sites (tertiary alicyclic amines) is 1. The Bertz CT molecular complexity index is 670. The third kappa shape index (κ3) is 4.44. The molecule has 1 aromatic heterocycles. The number of amides is 2. The molecule has 0 saturated carbocycles. The van der Waals surface area contributed by atoms with Gasteiger partial charge in [0.05, 0.1) is 6.04 Å². The van der Waals surface area contributed by atoms with E-state index in [1.54, 1.807) is 23.1 Å². The zero-order valence-corrected chi connectivity index (χ0v) is 13.6. The maximum Gasteiger partial charge on any atom is 0.242 e. The van der Waals surface area contributed by atoms with Crippen molar-refractivity contribution in [3.05, 3.63) is 54.4 Å². The summed E-state index contributed by atoms with van der Waals surface area (Å²) in [5.74, 6) is 0.00934. The lowest BCUT2D eigenvalue weighted by atomic mass is 10.1. The zero-order chi connectivity index (χ0) is 16.8. The topological polar surface area (TPSA) is 67.2 Å². The predicted octanol–water partition coefficient (Wildman–Crippen LogP) is 1.23. The number of nitrogens with zero attached hydrogens (tertiary/aromatic N) is 3. The van der Waals surface area contributed by atoms with Gasteiger partial charge in [0.1, 0.15) is 6.54 Å². The van der Waals surface area contributed by atoms with Crippen LogP contribution >= 0.6 is 0 Å². The summed E-state index contributed by atoms with van der Waals surface area (Å²) in [5.41, 5.74) is 1.29. The molecule has 1 saturated heterocycles. The molecule has 2 heterocycles. The lowest BCUT2D eigenvalue weighted by molar-refractivity contribution is -0.127. The highest BCUT2D eigenvalue weighted by atomic mass is 16.2. The standard InChI is InChI=1S/C18H22N4O2/c23-17(14-22-11-5-9-19-22)20-16-12-18(24)21(13-16)10-4-8-15-6-2-1-3-7-15/h1-3,5-7,9,11,16H,4,8,10,12-14H2,(H,20,23)/t16-/m1/s1. The molecular formula is C18H22N4O2. The molecule has 6 heteroatoms. The minimum absolute atomic E-state index is 0.0997. The average molecular weight is 326 g/mol. The molecule has 0 bridgehead atoms. The van der Waals surface area contributed by atoms with E-state index in [1.165, 1.54) is 5.56 Å². The fraction of sp³-hybridized carbons (Fsp3) is 0.389. The summed E-state index contributed by atoms with van der Waals surface area (Å²) < 4.78 is 1.57. The van der Waals surface area contributed by atoms with Crippen LogP contribution < -0.4 is 5.32 Å². The normalized spacial score (nSPS) is 17.2. The highest BCUT2D eigenvalue weighted by molar-refractivity contribution is 5.82. The molecule has 6 nitrogen and oxygen atoms in total. The van der Waals surface area contributed by atoms with Crippen molar-refractivity contribution in [3.63, 3.8) is 0 Å². The van der Waals surface area contributed by atoms with E-state index in [-0.39, 0.29) is 24.4 Å². The fourth-order valence-corrected chi connectivity index (χ4v) is 3.02. The Balaban J connectivity index is 1.41. The summed E-state index contributed by atoms with van der Waals surface area (Å²) in [7, 11) is 0. The summed E-state index contributed by atoms with van der Waals surface area (Å²) in [4.78, 5) is 25.9. The highest BCUT2D eigenvalue weighted by Crippen LogP contribution is 2.13. The number of nitrogens with one attached hydrogen (secondary N) is 1. The van der Waals surface area contributed by atoms with Crippen molar-refractivity contribution in [3.8, 4) is 0 Å². The number of hydrogen-bond acceptors (Lipinski definition) is 3. The van der Waals surface area contributed by atoms with Gasteiger partial charge in [0.15, 0.2) is 0 Å². The lowest BCUT2D eigenvalue weighted by Crippen LogP contribution is -2.39. The van der Waals surface area contributed by atoms with E-state index in [0.29, 0.717) is 13.0 Å². The Morgan fingerprint density at radius 1 is 1.25 bits per heavy atom. The number of rotatable bonds is 7. The van der Waals surface area contributed by atoms with Gasteiger partial charge in [-0.1, -0.05) is 30.3 Å². The second-order valence-electron chi connectivity index (χ2n) is 6.10. The zero-order valence-electron chi connectivity index (χ0n) is 13.6. The monoisotopic (exact) mass is 326 g/mol. The van der Waals surface area contributed by atoms with E-state index in [2.05, 4.69) is 22.5 Å². The number of hydrogen-bond donors (Lipinski definition) is 1. The average Bonchev–Trinajstić information content (AvgIpc) is 3.18. The van der Waals surface area contributed by atoms with E-state index >= 15 is 0 Å². The number of carbonyl (C=O) groups excluding carboxylic acids is 2. The minimum atomic E-state index is -0.109. The van der Waals surface area contributed by atoms with Crippen LogP contribution in [0.1, 0.15) is 18.4 Å². The molecular weight excluding hydrogens is 304 g/mol. The van der Waals surface area contributed by atoms with Crippen molar-refractivity contribution in [2.45, 2.75) is 31.8 Å². The van der Waals surface area contributed by atoms with Crippen LogP contribution in [0.15, 0.2) is 48.8 Å². The molecule has 1 fully saturated rings. The largest absolute Gasteiger partial charge is 0.349 e. The van der Waals surface area contributed by atoms with Crippen LogP contribution in [0.5, 0.6) is 0 Å². The summed E-state index contributed by atoms with van der Waals surface area (Å²) in [6.45, 7) is 1.52. The third-order valence-corrected chi connectivity index (χ3v) is 4.18. The van der Waals surface area contributed by atoms with Gasteiger partial charge in [-0.3, -0.25) is 14.3 Å². The van der Waals surface area contributed by atoms with Gasteiger partial charge < -0.3 is 10.2 Å². The van der Waals surface area contributed by atoms with Crippen molar-refractivity contribution in [2.24, 2.45) is 0 Å². The maximum absolute atomic E-state index is 12.1. The smallest absolute Gasteiger partial charge is 0.242 e. The third-order valence-electron chi connectivity index (χ3n) is 4.18. The van der Waals surface area contributed by atoms with Gasteiger partial charge in [-0.05, 0) is 24.5 Å². The summed E-state index contributed by atoms with van der Waals surface area (Å²) in [6, 6.07) is 11.9. The first-order valence-electron chi connectivity index (χ1n) is 8.29. The van der Waals surface area contributed by atoms with Crippen molar-refractivity contribution in [1.82, 2.24) is 20.0 Å². The van der Waals surface area contributed by atoms with E-state index < -0.39 is 0 Å². The van der Waals surface area contributed by atoms with Gasteiger partial charge in [0, 0.05) is 31.9 Å². The van der Waals surface area contributed by atoms with Crippen LogP contribution in [0, 0.1) is 0 Å². The first-order chi connectivity index (χ1) is 11.7. The molecule has 0 unspecified atom stereocenters. The van der Waals surface area contributed by atoms with E-state index in [9.17, 15) is 9.59 Å². The molecule has 3 rings (SSSR count). The van der Waals surface area contributed by atoms with Crippen LogP contribution in [0.2, 0.25) is 0 Å². The van der Waals surface area contributed by atoms with E-state index in [1.807, 2.05) is 23.1 Å². The highest BCUT2D eigenvalue weighted by Gasteiger charge is 2.30. The molecule has 0 radical (unpaired) electrons. The first kappa shape index (κ1) is 16.2. The predicted molar refractivity (Wildman–Crippen MR) is 90.1 cm³/mol. The van der Waals surface area contributed by atoms with Crippen LogP contribution in [0.25, 0.3) is 0 Å². The van der Waals surface area contributed by atoms with E-state index in [4.69, 9.17) is 0 Å². The molecule has 0 aliphatic carbocycles. The molecule has 1 aliphatic heterocycles. The van der Waals surface area contributed by atoms with Gasteiger partial charge >= 0.3 is 0 Å². The first-order valence-corrected chi connectivity index (χ1v) is 8.29. The van der Waals surface area contributed by atoms with Crippen molar-refractivity contribution in [1.29, 1.82) is 0 Å². The van der Waals surface area contributed by atoms with Gasteiger partial charge in [0.25, 0.3) is 0 Å². The summed E-state index contributed by atoms with van der Waals surface area (Å²) >= 11 is 0. The SMILES string of the molecule is O=C(Cn1cccn1)N[C@@H]1CC(=O)N(CCCc2ccccc2)C1. The fourth-order valence-electron chi connectivity index (χ4n) is 3.02. The van der Waals surface area contributed by atoms with Crippen LogP contribution in [-0.2, 0) is 22.6 Å². The minimum Gasteiger partial charge on any atom is -0.349 e. The number of benzene rings is 1. The second kappa shape index (κ2) is 7.77. The molecule has 2 amide bonds. The molecule has 1 atom stereocenters. The van der Waals surface area contributed by atoms with Crippen molar-refractivity contribution in [2.75, 3.05) is 13.1 Å². The molecule has 126 valence electrons. The quantitative estimate of drug-likeness (QED) is 0.832. The summed E-state index contributed by atoms with van der Waals surface area (Å²) in [5, 5.41) is 6.93. The van der Waals surface area contributed by atoms with Crippen LogP contribution in [0.4, 0.5) is 0 Å². The van der Waals surface area contributed by atoms with Crippen molar-refractivity contribution >= 4 is 11.8 Å². The lowest BCUT2D eigenvalue weighted by Gasteiger charge is -2.17. The number of aryl methyl sites for hydroxylation is 1. The van der Waals surface area contributed by atoms with Crippen LogP contribution in [0.3, 0.4) is 0 Å². The number of carbonyl (C=O) groups is 2. The Hall–Kier alpha value is -2.63. The van der Waals surface area contributed by atoms with Gasteiger partial charge in [0.2, 0.25) is 11.8 Å². The Morgan fingerprint density at radius 2 is 2.08 bits per heavy atom. The molecule has 1 aromatic carbocycles. The molecule has 24 heavy (non-hydrogen) atoms. The Labute approximate surface area is 141 Å². The molecule has 1 N–H and O–H groups in total. The van der Waals surface area contributed by atoms with Gasteiger partial charge in [-0.15, -0.1) is 0 Å². The number of aromatic nitrogens is 2. The van der Waals surface area contributed by atoms with E-state index in [0.717, 1.165) is 19.4 Å². The molecule has 2 aromatic rings. The molecule has 0 spiro atoms. The molecule has 1 aliphatic rings. The van der Waals surface area contributed by atoms with Gasteiger partial charge in [-0.2, -0.15) is 5.10 Å². The summed E-state index contributed by atoms with van der Waals surface area (Å²) in [6.07, 6.45) is 5.66. The maximum atomic E-state index is 12.1. The Morgan fingerprint density at radius 3 is 2.83 bits per heavy atom. The second-order valence-corrected chi connectivity index (χ2v) is 6.10. The van der Waals surface area contributed by atoms with Crippen LogP contribution in [-0.4, -0.2) is 45.6 Å². The van der Waals surface area contributed by atoms with Crippen molar-refractivity contribution < 1.29 is 9.59 Å². The van der Waals surface area contributed by atoms with Gasteiger partial charge in [-0.25, -0.2) is 0 Å². The Kier molecular flexibility index (Phi) is 5.25.